The molecule has 0 fully saturated rings. The van der Waals surface area contributed by atoms with E-state index >= 15 is 0 Å². The van der Waals surface area contributed by atoms with Crippen molar-refractivity contribution < 1.29 is 19.1 Å². The molecule has 1 aromatic heterocycles. The molecule has 2 rings (SSSR count). The first-order chi connectivity index (χ1) is 9.49. The van der Waals surface area contributed by atoms with Crippen LogP contribution in [0.15, 0.2) is 36.5 Å². The number of hydrogen-bond acceptors (Lipinski definition) is 3. The van der Waals surface area contributed by atoms with Gasteiger partial charge in [0.15, 0.2) is 0 Å². The van der Waals surface area contributed by atoms with E-state index in [0.717, 1.165) is 0 Å². The van der Waals surface area contributed by atoms with E-state index in [0.29, 0.717) is 5.56 Å². The minimum atomic E-state index is -1.13. The summed E-state index contributed by atoms with van der Waals surface area (Å²) in [6, 6.07) is 6.96. The van der Waals surface area contributed by atoms with Gasteiger partial charge in [0.1, 0.15) is 11.6 Å². The largest absolute Gasteiger partial charge is 0.478 e. The average molecular weight is 274 g/mol. The Bertz CT molecular complexity index is 686. The fourth-order valence-electron chi connectivity index (χ4n) is 1.64. The van der Waals surface area contributed by atoms with Crippen molar-refractivity contribution in [1.82, 2.24) is 4.98 Å². The van der Waals surface area contributed by atoms with Crippen molar-refractivity contribution in [2.75, 3.05) is 5.32 Å². The number of aryl methyl sites for hydroxylation is 1. The molecule has 0 radical (unpaired) electrons. The Morgan fingerprint density at radius 2 is 2.05 bits per heavy atom. The molecule has 2 aromatic rings. The monoisotopic (exact) mass is 274 g/mol. The first-order valence-corrected chi connectivity index (χ1v) is 5.75. The Morgan fingerprint density at radius 1 is 1.30 bits per heavy atom. The second kappa shape index (κ2) is 5.48. The van der Waals surface area contributed by atoms with Gasteiger partial charge >= 0.3 is 5.97 Å². The zero-order chi connectivity index (χ0) is 14.7. The quantitative estimate of drug-likeness (QED) is 0.901. The lowest BCUT2D eigenvalue weighted by Crippen LogP contribution is -2.15. The number of aromatic nitrogens is 1. The summed E-state index contributed by atoms with van der Waals surface area (Å²) in [6.45, 7) is 1.55. The number of benzene rings is 1. The Labute approximate surface area is 114 Å². The van der Waals surface area contributed by atoms with Gasteiger partial charge in [-0.3, -0.25) is 4.79 Å². The SMILES string of the molecule is Cc1cccc(C(=O)Nc2cc(C(=O)O)ccn2)c1F. The third-order valence-electron chi connectivity index (χ3n) is 2.68. The number of carboxylic acids is 1. The first-order valence-electron chi connectivity index (χ1n) is 5.75. The molecule has 0 aliphatic carbocycles. The molecule has 0 spiro atoms. The molecule has 20 heavy (non-hydrogen) atoms. The summed E-state index contributed by atoms with van der Waals surface area (Å²) in [4.78, 5) is 26.6. The number of carboxylic acid groups (broad SMARTS) is 1. The standard InChI is InChI=1S/C14H11FN2O3/c1-8-3-2-4-10(12(8)15)13(18)17-11-7-9(14(19)20)5-6-16-11/h2-7H,1H3,(H,19,20)(H,16,17,18). The van der Waals surface area contributed by atoms with E-state index in [-0.39, 0.29) is 16.9 Å². The lowest BCUT2D eigenvalue weighted by atomic mass is 10.1. The van der Waals surface area contributed by atoms with Crippen LogP contribution in [0.3, 0.4) is 0 Å². The van der Waals surface area contributed by atoms with Crippen LogP contribution in [0, 0.1) is 12.7 Å². The van der Waals surface area contributed by atoms with E-state index < -0.39 is 17.7 Å². The third-order valence-corrected chi connectivity index (χ3v) is 2.68. The number of halogens is 1. The predicted octanol–water partition coefficient (Wildman–Crippen LogP) is 2.48. The van der Waals surface area contributed by atoms with Gasteiger partial charge in [-0.05, 0) is 30.7 Å². The molecule has 0 unspecified atom stereocenters. The van der Waals surface area contributed by atoms with Crippen molar-refractivity contribution in [1.29, 1.82) is 0 Å². The molecule has 0 saturated heterocycles. The van der Waals surface area contributed by atoms with E-state index in [1.165, 1.54) is 24.4 Å². The van der Waals surface area contributed by atoms with Gasteiger partial charge in [-0.1, -0.05) is 12.1 Å². The number of rotatable bonds is 3. The first kappa shape index (κ1) is 13.7. The van der Waals surface area contributed by atoms with Crippen molar-refractivity contribution in [2.24, 2.45) is 0 Å². The van der Waals surface area contributed by atoms with E-state index in [9.17, 15) is 14.0 Å². The molecular weight excluding hydrogens is 263 g/mol. The van der Waals surface area contributed by atoms with Crippen LogP contribution in [0.2, 0.25) is 0 Å². The molecule has 0 saturated carbocycles. The molecule has 0 atom stereocenters. The Balaban J connectivity index is 2.26. The van der Waals surface area contributed by atoms with Crippen LogP contribution < -0.4 is 5.32 Å². The van der Waals surface area contributed by atoms with Gasteiger partial charge in [0, 0.05) is 6.20 Å². The van der Waals surface area contributed by atoms with Crippen molar-refractivity contribution in [3.8, 4) is 0 Å². The molecule has 5 nitrogen and oxygen atoms in total. The number of nitrogens with one attached hydrogen (secondary N) is 1. The van der Waals surface area contributed by atoms with Gasteiger partial charge in [-0.2, -0.15) is 0 Å². The fraction of sp³-hybridized carbons (Fsp3) is 0.0714. The summed E-state index contributed by atoms with van der Waals surface area (Å²) in [6.07, 6.45) is 1.26. The van der Waals surface area contributed by atoms with Crippen molar-refractivity contribution in [2.45, 2.75) is 6.92 Å². The Hall–Kier alpha value is -2.76. The highest BCUT2D eigenvalue weighted by molar-refractivity contribution is 6.04. The van der Waals surface area contributed by atoms with Gasteiger partial charge in [0.2, 0.25) is 0 Å². The number of nitrogens with zero attached hydrogens (tertiary/aromatic N) is 1. The maximum absolute atomic E-state index is 13.8. The van der Waals surface area contributed by atoms with Gasteiger partial charge in [-0.25, -0.2) is 14.2 Å². The minimum absolute atomic E-state index is 0.0139. The lowest BCUT2D eigenvalue weighted by Gasteiger charge is -2.07. The van der Waals surface area contributed by atoms with Crippen LogP contribution in [-0.2, 0) is 0 Å². The molecule has 102 valence electrons. The van der Waals surface area contributed by atoms with Gasteiger partial charge in [0.05, 0.1) is 11.1 Å². The summed E-state index contributed by atoms with van der Waals surface area (Å²) >= 11 is 0. The summed E-state index contributed by atoms with van der Waals surface area (Å²) in [7, 11) is 0. The van der Waals surface area contributed by atoms with Gasteiger partial charge in [-0.15, -0.1) is 0 Å². The van der Waals surface area contributed by atoms with E-state index in [2.05, 4.69) is 10.3 Å². The number of amides is 1. The maximum Gasteiger partial charge on any atom is 0.335 e. The van der Waals surface area contributed by atoms with Crippen LogP contribution >= 0.6 is 0 Å². The van der Waals surface area contributed by atoms with Crippen LogP contribution in [-0.4, -0.2) is 22.0 Å². The predicted molar refractivity (Wildman–Crippen MR) is 70.3 cm³/mol. The highest BCUT2D eigenvalue weighted by Crippen LogP contribution is 2.14. The molecule has 1 aromatic carbocycles. The molecule has 6 heteroatoms. The Morgan fingerprint density at radius 3 is 2.75 bits per heavy atom. The summed E-state index contributed by atoms with van der Waals surface area (Å²) in [5, 5.41) is 11.2. The maximum atomic E-state index is 13.8. The fourth-order valence-corrected chi connectivity index (χ4v) is 1.64. The molecular formula is C14H11FN2O3. The molecule has 0 aliphatic rings. The highest BCUT2D eigenvalue weighted by Gasteiger charge is 2.14. The number of anilines is 1. The molecule has 1 amide bonds. The van der Waals surface area contributed by atoms with Crippen molar-refractivity contribution in [3.63, 3.8) is 0 Å². The third kappa shape index (κ3) is 2.80. The second-order valence-corrected chi connectivity index (χ2v) is 4.13. The number of pyridine rings is 1. The number of hydrogen-bond donors (Lipinski definition) is 2. The topological polar surface area (TPSA) is 79.3 Å². The van der Waals surface area contributed by atoms with Crippen molar-refractivity contribution in [3.05, 3.63) is 59.0 Å². The minimum Gasteiger partial charge on any atom is -0.478 e. The molecule has 2 N–H and O–H groups in total. The van der Waals surface area contributed by atoms with E-state index in [4.69, 9.17) is 5.11 Å². The molecule has 0 bridgehead atoms. The summed E-state index contributed by atoms with van der Waals surface area (Å²) < 4.78 is 13.8. The zero-order valence-corrected chi connectivity index (χ0v) is 10.6. The number of aromatic carboxylic acids is 1. The zero-order valence-electron chi connectivity index (χ0n) is 10.6. The van der Waals surface area contributed by atoms with Crippen LogP contribution in [0.4, 0.5) is 10.2 Å². The van der Waals surface area contributed by atoms with Crippen LogP contribution in [0.5, 0.6) is 0 Å². The molecule has 1 heterocycles. The summed E-state index contributed by atoms with van der Waals surface area (Å²) in [5.41, 5.74) is 0.220. The van der Waals surface area contributed by atoms with Crippen molar-refractivity contribution >= 4 is 17.7 Å². The summed E-state index contributed by atoms with van der Waals surface area (Å²) in [5.74, 6) is -2.37. The van der Waals surface area contributed by atoms with Gasteiger partial charge < -0.3 is 10.4 Å². The van der Waals surface area contributed by atoms with E-state index in [1.54, 1.807) is 19.1 Å². The van der Waals surface area contributed by atoms with Crippen LogP contribution in [0.1, 0.15) is 26.3 Å². The lowest BCUT2D eigenvalue weighted by molar-refractivity contribution is 0.0696. The smallest absolute Gasteiger partial charge is 0.335 e. The molecule has 0 aliphatic heterocycles. The van der Waals surface area contributed by atoms with Gasteiger partial charge in [0.25, 0.3) is 5.91 Å². The average Bonchev–Trinajstić information content (AvgIpc) is 2.42. The Kier molecular flexibility index (Phi) is 3.74. The van der Waals surface area contributed by atoms with Crippen LogP contribution in [0.25, 0.3) is 0 Å². The second-order valence-electron chi connectivity index (χ2n) is 4.13. The number of carbonyl (C=O) groups is 2. The van der Waals surface area contributed by atoms with E-state index in [1.807, 2.05) is 0 Å². The normalized spacial score (nSPS) is 10.1. The number of carbonyl (C=O) groups excluding carboxylic acids is 1. The highest BCUT2D eigenvalue weighted by atomic mass is 19.1.